The number of nitrogens with one attached hydrogen (secondary N) is 1. The van der Waals surface area contributed by atoms with Crippen molar-refractivity contribution in [3.05, 3.63) is 63.4 Å². The predicted octanol–water partition coefficient (Wildman–Crippen LogP) is 6.00. The summed E-state index contributed by atoms with van der Waals surface area (Å²) in [4.78, 5) is 18.0. The zero-order valence-electron chi connectivity index (χ0n) is 17.6. The number of aliphatic hydroxyl groups is 1. The van der Waals surface area contributed by atoms with Crippen molar-refractivity contribution < 1.29 is 9.90 Å². The van der Waals surface area contributed by atoms with E-state index in [0.29, 0.717) is 26.3 Å². The fourth-order valence-corrected chi connectivity index (χ4v) is 4.98. The first-order valence-corrected chi connectivity index (χ1v) is 11.7. The number of carbonyl (C=O) groups excluding carboxylic acids is 1. The molecule has 0 aliphatic heterocycles. The van der Waals surface area contributed by atoms with E-state index in [1.807, 2.05) is 19.2 Å². The van der Waals surface area contributed by atoms with Crippen LogP contribution in [0.5, 0.6) is 0 Å². The lowest BCUT2D eigenvalue weighted by Crippen LogP contribution is -2.44. The second-order valence-corrected chi connectivity index (χ2v) is 9.41. The molecule has 1 aliphatic rings. The molecule has 1 aromatic heterocycles. The van der Waals surface area contributed by atoms with Gasteiger partial charge in [0.25, 0.3) is 5.91 Å². The van der Waals surface area contributed by atoms with E-state index in [2.05, 4.69) is 5.32 Å². The topological polar surface area (TPSA) is 67.2 Å². The summed E-state index contributed by atoms with van der Waals surface area (Å²) in [6, 6.07) is 12.5. The minimum Gasteiger partial charge on any atom is -0.396 e. The molecular weight excluding hydrogens is 469 g/mol. The minimum absolute atomic E-state index is 0.0627. The Balaban J connectivity index is 1.78. The molecule has 3 aromatic rings. The van der Waals surface area contributed by atoms with E-state index in [1.165, 1.54) is 0 Å². The van der Waals surface area contributed by atoms with E-state index in [9.17, 15) is 9.90 Å². The molecule has 5 nitrogen and oxygen atoms in total. The van der Waals surface area contributed by atoms with Crippen LogP contribution in [-0.2, 0) is 7.05 Å². The normalized spacial score (nSPS) is 18.5. The average Bonchev–Trinajstić information content (AvgIpc) is 3.11. The van der Waals surface area contributed by atoms with E-state index in [-0.39, 0.29) is 30.3 Å². The number of aliphatic hydroxyl groups excluding tert-OH is 1. The molecule has 168 valence electrons. The fraction of sp³-hybridized carbons (Fsp3) is 0.333. The molecule has 1 heterocycles. The Morgan fingerprint density at radius 1 is 1.09 bits per heavy atom. The number of halogens is 3. The smallest absolute Gasteiger partial charge is 0.287 e. The standard InChI is InChI=1S/C24H24Cl3N3O2/c1-30-22(14-6-8-16(25)9-7-14)21(18-11-10-17(26)12-19(18)27)29-23(30)24(32)28-20-5-3-2-4-15(20)13-31/h6-12,15,20,31H,2-5,13H2,1H3,(H,28,32)/t15-,20?/m0/s1. The summed E-state index contributed by atoms with van der Waals surface area (Å²) in [5.74, 6) is 0.0662. The highest BCUT2D eigenvalue weighted by atomic mass is 35.5. The van der Waals surface area contributed by atoms with Gasteiger partial charge in [0, 0.05) is 46.8 Å². The van der Waals surface area contributed by atoms with Crippen molar-refractivity contribution in [1.82, 2.24) is 14.9 Å². The van der Waals surface area contributed by atoms with Crippen LogP contribution in [0.1, 0.15) is 36.3 Å². The molecule has 2 aromatic carbocycles. The first-order valence-electron chi connectivity index (χ1n) is 10.6. The lowest BCUT2D eigenvalue weighted by Gasteiger charge is -2.30. The first-order chi connectivity index (χ1) is 15.4. The Labute approximate surface area is 202 Å². The molecule has 1 amide bonds. The van der Waals surface area contributed by atoms with Crippen LogP contribution in [0.15, 0.2) is 42.5 Å². The predicted molar refractivity (Wildman–Crippen MR) is 129 cm³/mol. The lowest BCUT2D eigenvalue weighted by atomic mass is 9.85. The summed E-state index contributed by atoms with van der Waals surface area (Å²) < 4.78 is 1.77. The summed E-state index contributed by atoms with van der Waals surface area (Å²) in [5, 5.41) is 14.4. The van der Waals surface area contributed by atoms with E-state index >= 15 is 0 Å². The Morgan fingerprint density at radius 2 is 1.78 bits per heavy atom. The zero-order valence-corrected chi connectivity index (χ0v) is 19.9. The molecule has 1 saturated carbocycles. The van der Waals surface area contributed by atoms with Crippen molar-refractivity contribution in [2.45, 2.75) is 31.7 Å². The Bertz CT molecular complexity index is 1130. The van der Waals surface area contributed by atoms with Crippen molar-refractivity contribution >= 4 is 40.7 Å². The van der Waals surface area contributed by atoms with Crippen LogP contribution in [0.25, 0.3) is 22.5 Å². The van der Waals surface area contributed by atoms with E-state index in [1.54, 1.807) is 34.9 Å². The quantitative estimate of drug-likeness (QED) is 0.459. The molecule has 0 spiro atoms. The molecule has 2 atom stereocenters. The molecule has 4 rings (SSSR count). The number of benzene rings is 2. The summed E-state index contributed by atoms with van der Waals surface area (Å²) in [6.45, 7) is 0.0627. The van der Waals surface area contributed by atoms with Crippen LogP contribution in [0.4, 0.5) is 0 Å². The first kappa shape index (κ1) is 23.1. The van der Waals surface area contributed by atoms with Gasteiger partial charge in [0.1, 0.15) is 0 Å². The number of hydrogen-bond acceptors (Lipinski definition) is 3. The highest BCUT2D eigenvalue weighted by Gasteiger charge is 2.29. The molecule has 2 N–H and O–H groups in total. The number of rotatable bonds is 5. The number of imidazole rings is 1. The highest BCUT2D eigenvalue weighted by molar-refractivity contribution is 6.36. The van der Waals surface area contributed by atoms with Gasteiger partial charge in [-0.05, 0) is 43.2 Å². The molecule has 0 bridgehead atoms. The fourth-order valence-electron chi connectivity index (χ4n) is 4.36. The van der Waals surface area contributed by atoms with Gasteiger partial charge in [-0.3, -0.25) is 4.79 Å². The number of hydrogen-bond donors (Lipinski definition) is 2. The van der Waals surface area contributed by atoms with Gasteiger partial charge in [-0.2, -0.15) is 0 Å². The van der Waals surface area contributed by atoms with Crippen molar-refractivity contribution in [3.8, 4) is 22.5 Å². The van der Waals surface area contributed by atoms with Gasteiger partial charge in [0.15, 0.2) is 5.82 Å². The van der Waals surface area contributed by atoms with Crippen LogP contribution in [-0.4, -0.2) is 33.2 Å². The SMILES string of the molecule is Cn1c(C(=O)NC2CCCC[C@H]2CO)nc(-c2ccc(Cl)cc2Cl)c1-c1ccc(Cl)cc1. The lowest BCUT2D eigenvalue weighted by molar-refractivity contribution is 0.0859. The van der Waals surface area contributed by atoms with Crippen molar-refractivity contribution in [2.75, 3.05) is 6.61 Å². The molecule has 1 unspecified atom stereocenters. The average molecular weight is 493 g/mol. The number of aromatic nitrogens is 2. The van der Waals surface area contributed by atoms with Crippen LogP contribution in [0.3, 0.4) is 0 Å². The molecule has 32 heavy (non-hydrogen) atoms. The van der Waals surface area contributed by atoms with Gasteiger partial charge in [-0.1, -0.05) is 59.8 Å². The van der Waals surface area contributed by atoms with Gasteiger partial charge in [-0.25, -0.2) is 4.98 Å². The van der Waals surface area contributed by atoms with Crippen LogP contribution < -0.4 is 5.32 Å². The van der Waals surface area contributed by atoms with Crippen LogP contribution >= 0.6 is 34.8 Å². The van der Waals surface area contributed by atoms with Gasteiger partial charge >= 0.3 is 0 Å². The third-order valence-corrected chi connectivity index (χ3v) is 6.86. The third kappa shape index (κ3) is 4.67. The molecule has 0 saturated heterocycles. The van der Waals surface area contributed by atoms with Crippen molar-refractivity contribution in [2.24, 2.45) is 13.0 Å². The number of carbonyl (C=O) groups is 1. The van der Waals surface area contributed by atoms with Gasteiger partial charge in [0.2, 0.25) is 0 Å². The Kier molecular flexibility index (Phi) is 7.11. The second-order valence-electron chi connectivity index (χ2n) is 8.13. The summed E-state index contributed by atoms with van der Waals surface area (Å²) in [5.41, 5.74) is 2.87. The summed E-state index contributed by atoms with van der Waals surface area (Å²) in [7, 11) is 1.81. The van der Waals surface area contributed by atoms with Gasteiger partial charge < -0.3 is 15.0 Å². The van der Waals surface area contributed by atoms with Crippen LogP contribution in [0, 0.1) is 5.92 Å². The summed E-state index contributed by atoms with van der Waals surface area (Å²) in [6.07, 6.45) is 3.86. The third-order valence-electron chi connectivity index (χ3n) is 6.06. The monoisotopic (exact) mass is 491 g/mol. The molecular formula is C24H24Cl3N3O2. The van der Waals surface area contributed by atoms with Crippen LogP contribution in [0.2, 0.25) is 15.1 Å². The summed E-state index contributed by atoms with van der Waals surface area (Å²) >= 11 is 18.7. The molecule has 1 fully saturated rings. The van der Waals surface area contributed by atoms with Gasteiger partial charge in [-0.15, -0.1) is 0 Å². The minimum atomic E-state index is -0.274. The number of nitrogens with zero attached hydrogens (tertiary/aromatic N) is 2. The van der Waals surface area contributed by atoms with E-state index in [0.717, 1.165) is 36.9 Å². The maximum atomic E-state index is 13.3. The van der Waals surface area contributed by atoms with E-state index in [4.69, 9.17) is 39.8 Å². The largest absolute Gasteiger partial charge is 0.396 e. The molecule has 1 aliphatic carbocycles. The molecule has 0 radical (unpaired) electrons. The second kappa shape index (κ2) is 9.84. The Morgan fingerprint density at radius 3 is 2.47 bits per heavy atom. The number of amides is 1. The maximum Gasteiger partial charge on any atom is 0.287 e. The highest BCUT2D eigenvalue weighted by Crippen LogP contribution is 2.37. The zero-order chi connectivity index (χ0) is 22.8. The molecule has 8 heteroatoms. The van der Waals surface area contributed by atoms with E-state index < -0.39 is 0 Å². The Hall–Kier alpha value is -2.05. The van der Waals surface area contributed by atoms with Crippen molar-refractivity contribution in [3.63, 3.8) is 0 Å². The maximum absolute atomic E-state index is 13.3. The van der Waals surface area contributed by atoms with Gasteiger partial charge in [0.05, 0.1) is 16.4 Å². The van der Waals surface area contributed by atoms with Crippen molar-refractivity contribution in [1.29, 1.82) is 0 Å².